The van der Waals surface area contributed by atoms with E-state index in [1.807, 2.05) is 0 Å². The van der Waals surface area contributed by atoms with Crippen LogP contribution in [-0.4, -0.2) is 39.9 Å². The Morgan fingerprint density at radius 2 is 2.07 bits per heavy atom. The van der Waals surface area contributed by atoms with Gasteiger partial charge in [0, 0.05) is 38.5 Å². The van der Waals surface area contributed by atoms with Crippen molar-refractivity contribution in [1.82, 2.24) is 25.4 Å². The number of guanidine groups is 1. The zero-order valence-corrected chi connectivity index (χ0v) is 17.3. The molecule has 2 aliphatic rings. The van der Waals surface area contributed by atoms with E-state index >= 15 is 0 Å². The molecular formula is C21H38N6. The van der Waals surface area contributed by atoms with E-state index in [1.54, 1.807) is 0 Å². The van der Waals surface area contributed by atoms with Gasteiger partial charge in [0.15, 0.2) is 5.96 Å². The zero-order valence-electron chi connectivity index (χ0n) is 17.3. The van der Waals surface area contributed by atoms with Crippen molar-refractivity contribution in [3.05, 3.63) is 11.6 Å². The van der Waals surface area contributed by atoms with Crippen molar-refractivity contribution in [2.45, 2.75) is 97.1 Å². The molecule has 6 nitrogen and oxygen atoms in total. The first-order chi connectivity index (χ1) is 13.3. The highest BCUT2D eigenvalue weighted by molar-refractivity contribution is 5.80. The molecule has 152 valence electrons. The molecule has 1 saturated carbocycles. The number of aryl methyl sites for hydroxylation is 2. The van der Waals surface area contributed by atoms with Crippen LogP contribution in [0, 0.1) is 5.92 Å². The van der Waals surface area contributed by atoms with E-state index in [9.17, 15) is 0 Å². The first-order valence-corrected chi connectivity index (χ1v) is 11.3. The molecule has 2 N–H and O–H groups in total. The summed E-state index contributed by atoms with van der Waals surface area (Å²) in [6, 6.07) is 0.578. The number of nitrogens with one attached hydrogen (secondary N) is 2. The van der Waals surface area contributed by atoms with Gasteiger partial charge in [0.05, 0.1) is 0 Å². The first-order valence-electron chi connectivity index (χ1n) is 11.3. The van der Waals surface area contributed by atoms with Crippen LogP contribution in [0.5, 0.6) is 0 Å². The number of rotatable bonds is 7. The fourth-order valence-electron chi connectivity index (χ4n) is 4.46. The summed E-state index contributed by atoms with van der Waals surface area (Å²) in [5.41, 5.74) is 0. The largest absolute Gasteiger partial charge is 0.357 e. The Morgan fingerprint density at radius 1 is 1.15 bits per heavy atom. The van der Waals surface area contributed by atoms with Gasteiger partial charge in [-0.15, -0.1) is 10.2 Å². The lowest BCUT2D eigenvalue weighted by Gasteiger charge is -2.30. The Labute approximate surface area is 164 Å². The minimum absolute atomic E-state index is 0.578. The molecular weight excluding hydrogens is 336 g/mol. The standard InChI is InChI=1S/C21H38N6/c1-3-17-10-8-11-18(16-17)24-21(22-4-2)23-14-9-13-20-26-25-19-12-6-5-7-15-27(19)20/h17-18H,3-16H2,1-2H3,(H2,22,23,24). The third-order valence-electron chi connectivity index (χ3n) is 6.06. The minimum Gasteiger partial charge on any atom is -0.357 e. The monoisotopic (exact) mass is 374 g/mol. The van der Waals surface area contributed by atoms with Gasteiger partial charge in [-0.25, -0.2) is 0 Å². The predicted octanol–water partition coefficient (Wildman–Crippen LogP) is 3.46. The van der Waals surface area contributed by atoms with Crippen LogP contribution in [0.4, 0.5) is 0 Å². The SMILES string of the molecule is CCNC(=NCCCc1nnc2n1CCCCC2)NC1CCCC(CC)C1. The van der Waals surface area contributed by atoms with Crippen LogP contribution in [-0.2, 0) is 19.4 Å². The fraction of sp³-hybridized carbons (Fsp3) is 0.857. The molecule has 1 aliphatic carbocycles. The second-order valence-corrected chi connectivity index (χ2v) is 8.14. The molecule has 2 heterocycles. The first kappa shape index (κ1) is 20.2. The van der Waals surface area contributed by atoms with E-state index in [2.05, 4.69) is 39.2 Å². The number of aliphatic imine (C=N–C) groups is 1. The number of fused-ring (bicyclic) bond motifs is 1. The van der Waals surface area contributed by atoms with Gasteiger partial charge in [-0.05, 0) is 44.9 Å². The molecule has 6 heteroatoms. The average molecular weight is 375 g/mol. The third-order valence-corrected chi connectivity index (χ3v) is 6.06. The topological polar surface area (TPSA) is 67.1 Å². The molecule has 0 radical (unpaired) electrons. The lowest BCUT2D eigenvalue weighted by atomic mass is 9.84. The number of hydrogen-bond donors (Lipinski definition) is 2. The van der Waals surface area contributed by atoms with Crippen molar-refractivity contribution in [2.75, 3.05) is 13.1 Å². The summed E-state index contributed by atoms with van der Waals surface area (Å²) in [5, 5.41) is 15.9. The van der Waals surface area contributed by atoms with Crippen molar-refractivity contribution in [3.8, 4) is 0 Å². The van der Waals surface area contributed by atoms with Crippen molar-refractivity contribution in [3.63, 3.8) is 0 Å². The third kappa shape index (κ3) is 5.94. The average Bonchev–Trinajstić information content (AvgIpc) is 2.91. The predicted molar refractivity (Wildman–Crippen MR) is 111 cm³/mol. The van der Waals surface area contributed by atoms with Gasteiger partial charge < -0.3 is 15.2 Å². The quantitative estimate of drug-likeness (QED) is 0.436. The molecule has 2 atom stereocenters. The number of nitrogens with zero attached hydrogens (tertiary/aromatic N) is 4. The molecule has 1 aliphatic heterocycles. The molecule has 0 aromatic carbocycles. The Bertz CT molecular complexity index is 593. The summed E-state index contributed by atoms with van der Waals surface area (Å²) in [5.74, 6) is 4.20. The van der Waals surface area contributed by atoms with E-state index in [1.165, 1.54) is 57.2 Å². The Balaban J connectivity index is 1.48. The summed E-state index contributed by atoms with van der Waals surface area (Å²) in [7, 11) is 0. The van der Waals surface area contributed by atoms with Crippen molar-refractivity contribution in [2.24, 2.45) is 10.9 Å². The number of hydrogen-bond acceptors (Lipinski definition) is 3. The van der Waals surface area contributed by atoms with Crippen molar-refractivity contribution < 1.29 is 0 Å². The van der Waals surface area contributed by atoms with Crippen LogP contribution >= 0.6 is 0 Å². The van der Waals surface area contributed by atoms with E-state index in [0.29, 0.717) is 6.04 Å². The highest BCUT2D eigenvalue weighted by Gasteiger charge is 2.21. The van der Waals surface area contributed by atoms with E-state index in [4.69, 9.17) is 4.99 Å². The van der Waals surface area contributed by atoms with E-state index in [-0.39, 0.29) is 0 Å². The lowest BCUT2D eigenvalue weighted by Crippen LogP contribution is -2.45. The zero-order chi connectivity index (χ0) is 18.9. The summed E-state index contributed by atoms with van der Waals surface area (Å²) in [6.45, 7) is 7.29. The highest BCUT2D eigenvalue weighted by Crippen LogP contribution is 2.26. The maximum atomic E-state index is 4.83. The smallest absolute Gasteiger partial charge is 0.191 e. The lowest BCUT2D eigenvalue weighted by molar-refractivity contribution is 0.298. The van der Waals surface area contributed by atoms with Crippen molar-refractivity contribution in [1.29, 1.82) is 0 Å². The van der Waals surface area contributed by atoms with E-state index in [0.717, 1.165) is 56.6 Å². The van der Waals surface area contributed by atoms with Gasteiger partial charge in [0.25, 0.3) is 0 Å². The maximum Gasteiger partial charge on any atom is 0.191 e. The van der Waals surface area contributed by atoms with Crippen LogP contribution in [0.1, 0.15) is 83.3 Å². The molecule has 0 bridgehead atoms. The van der Waals surface area contributed by atoms with Crippen LogP contribution in [0.2, 0.25) is 0 Å². The number of aromatic nitrogens is 3. The van der Waals surface area contributed by atoms with E-state index < -0.39 is 0 Å². The second kappa shape index (κ2) is 10.7. The Kier molecular flexibility index (Phi) is 7.96. The minimum atomic E-state index is 0.578. The summed E-state index contributed by atoms with van der Waals surface area (Å²) in [6.07, 6.45) is 13.5. The molecule has 1 aromatic heterocycles. The van der Waals surface area contributed by atoms with Crippen LogP contribution in [0.25, 0.3) is 0 Å². The van der Waals surface area contributed by atoms with Gasteiger partial charge in [-0.3, -0.25) is 4.99 Å². The maximum absolute atomic E-state index is 4.83. The molecule has 1 aromatic rings. The van der Waals surface area contributed by atoms with Gasteiger partial charge in [0.2, 0.25) is 0 Å². The molecule has 27 heavy (non-hydrogen) atoms. The van der Waals surface area contributed by atoms with Crippen LogP contribution in [0.3, 0.4) is 0 Å². The van der Waals surface area contributed by atoms with Crippen molar-refractivity contribution >= 4 is 5.96 Å². The summed E-state index contributed by atoms with van der Waals surface area (Å²) < 4.78 is 2.35. The fourth-order valence-corrected chi connectivity index (χ4v) is 4.46. The summed E-state index contributed by atoms with van der Waals surface area (Å²) >= 11 is 0. The molecule has 0 amide bonds. The van der Waals surface area contributed by atoms with Gasteiger partial charge in [-0.1, -0.05) is 32.6 Å². The van der Waals surface area contributed by atoms with Crippen LogP contribution in [0.15, 0.2) is 4.99 Å². The molecule has 1 fully saturated rings. The Hall–Kier alpha value is -1.59. The van der Waals surface area contributed by atoms with Gasteiger partial charge >= 0.3 is 0 Å². The molecule has 0 saturated heterocycles. The van der Waals surface area contributed by atoms with Crippen LogP contribution < -0.4 is 10.6 Å². The molecule has 2 unspecified atom stereocenters. The second-order valence-electron chi connectivity index (χ2n) is 8.14. The molecule has 3 rings (SSSR count). The Morgan fingerprint density at radius 3 is 2.93 bits per heavy atom. The van der Waals surface area contributed by atoms with Gasteiger partial charge in [-0.2, -0.15) is 0 Å². The summed E-state index contributed by atoms with van der Waals surface area (Å²) in [4.78, 5) is 4.83. The van der Waals surface area contributed by atoms with Gasteiger partial charge in [0.1, 0.15) is 11.6 Å². The molecule has 0 spiro atoms. The highest BCUT2D eigenvalue weighted by atomic mass is 15.3. The normalized spacial score (nSPS) is 23.6.